The highest BCUT2D eigenvalue weighted by Gasteiger charge is 2.30. The number of rotatable bonds is 5. The van der Waals surface area contributed by atoms with Gasteiger partial charge in [0.2, 0.25) is 0 Å². The largest absolute Gasteiger partial charge is 0.375 e. The summed E-state index contributed by atoms with van der Waals surface area (Å²) in [5.41, 5.74) is 1.28. The molecule has 0 heterocycles. The van der Waals surface area contributed by atoms with Gasteiger partial charge in [0.1, 0.15) is 0 Å². The molecule has 0 amide bonds. The topological polar surface area (TPSA) is 21.3 Å². The molecule has 1 N–H and O–H groups in total. The molecule has 2 rings (SSSR count). The molecular formula is C16H25NO. The maximum Gasteiger partial charge on any atom is 0.0976 e. The third-order valence-corrected chi connectivity index (χ3v) is 4.20. The second-order valence-corrected chi connectivity index (χ2v) is 5.28. The Morgan fingerprint density at radius 1 is 1.11 bits per heavy atom. The zero-order valence-electron chi connectivity index (χ0n) is 11.6. The lowest BCUT2D eigenvalue weighted by atomic mass is 9.80. The number of ether oxygens (including phenoxy) is 1. The summed E-state index contributed by atoms with van der Waals surface area (Å²) in [5.74, 6) is 0.744. The van der Waals surface area contributed by atoms with Gasteiger partial charge in [-0.2, -0.15) is 0 Å². The Balaban J connectivity index is 2.13. The predicted molar refractivity (Wildman–Crippen MR) is 75.6 cm³/mol. The molecule has 18 heavy (non-hydrogen) atoms. The van der Waals surface area contributed by atoms with Gasteiger partial charge in [0.05, 0.1) is 6.10 Å². The van der Waals surface area contributed by atoms with Crippen LogP contribution < -0.4 is 5.32 Å². The first-order valence-corrected chi connectivity index (χ1v) is 7.12. The lowest BCUT2D eigenvalue weighted by Gasteiger charge is -2.35. The van der Waals surface area contributed by atoms with E-state index in [0.717, 1.165) is 5.92 Å². The first kappa shape index (κ1) is 13.6. The molecule has 100 valence electrons. The Labute approximate surface area is 111 Å². The molecule has 2 unspecified atom stereocenters. The lowest BCUT2D eigenvalue weighted by Crippen LogP contribution is -2.40. The number of hydrogen-bond donors (Lipinski definition) is 1. The molecule has 1 aromatic carbocycles. The molecule has 2 nitrogen and oxygen atoms in total. The molecule has 0 saturated heterocycles. The van der Waals surface area contributed by atoms with Crippen LogP contribution in [-0.4, -0.2) is 20.2 Å². The van der Waals surface area contributed by atoms with Crippen LogP contribution in [0.5, 0.6) is 0 Å². The highest BCUT2D eigenvalue weighted by molar-refractivity contribution is 5.19. The number of hydrogen-bond acceptors (Lipinski definition) is 2. The maximum atomic E-state index is 5.78. The second-order valence-electron chi connectivity index (χ2n) is 5.28. The van der Waals surface area contributed by atoms with Crippen LogP contribution in [0.3, 0.4) is 0 Å². The first-order chi connectivity index (χ1) is 8.86. The van der Waals surface area contributed by atoms with E-state index >= 15 is 0 Å². The van der Waals surface area contributed by atoms with E-state index in [-0.39, 0.29) is 6.10 Å². The number of likely N-dealkylation sites (N-methyl/N-ethyl adjacent to an activating group) is 1. The van der Waals surface area contributed by atoms with E-state index in [2.05, 4.69) is 42.7 Å². The van der Waals surface area contributed by atoms with E-state index in [0.29, 0.717) is 6.04 Å². The molecule has 0 spiro atoms. The number of nitrogens with one attached hydrogen (secondary N) is 1. The van der Waals surface area contributed by atoms with Gasteiger partial charge in [-0.3, -0.25) is 0 Å². The van der Waals surface area contributed by atoms with Crippen LogP contribution >= 0.6 is 0 Å². The molecule has 1 fully saturated rings. The summed E-state index contributed by atoms with van der Waals surface area (Å²) in [7, 11) is 3.89. The van der Waals surface area contributed by atoms with Gasteiger partial charge in [-0.15, -0.1) is 0 Å². The summed E-state index contributed by atoms with van der Waals surface area (Å²) in [4.78, 5) is 0. The smallest absolute Gasteiger partial charge is 0.0976 e. The molecule has 0 radical (unpaired) electrons. The lowest BCUT2D eigenvalue weighted by molar-refractivity contribution is 0.0412. The van der Waals surface area contributed by atoms with Gasteiger partial charge in [-0.05, 0) is 31.4 Å². The van der Waals surface area contributed by atoms with E-state index in [1.807, 2.05) is 7.11 Å². The SMILES string of the molecule is CNC(C1CCCCC1)C(OC)c1ccccc1. The van der Waals surface area contributed by atoms with Gasteiger partial charge in [0, 0.05) is 13.2 Å². The first-order valence-electron chi connectivity index (χ1n) is 7.12. The van der Waals surface area contributed by atoms with Crippen molar-refractivity contribution in [1.82, 2.24) is 5.32 Å². The van der Waals surface area contributed by atoms with Crippen LogP contribution in [0.1, 0.15) is 43.8 Å². The quantitative estimate of drug-likeness (QED) is 0.859. The second kappa shape index (κ2) is 6.91. The van der Waals surface area contributed by atoms with Crippen LogP contribution in [0.25, 0.3) is 0 Å². The molecule has 1 aromatic rings. The van der Waals surface area contributed by atoms with Gasteiger partial charge in [-0.1, -0.05) is 49.6 Å². The van der Waals surface area contributed by atoms with Crippen molar-refractivity contribution in [3.05, 3.63) is 35.9 Å². The van der Waals surface area contributed by atoms with E-state index in [1.165, 1.54) is 37.7 Å². The molecule has 0 bridgehead atoms. The van der Waals surface area contributed by atoms with Crippen molar-refractivity contribution in [3.63, 3.8) is 0 Å². The number of benzene rings is 1. The monoisotopic (exact) mass is 247 g/mol. The van der Waals surface area contributed by atoms with Crippen molar-refractivity contribution in [2.45, 2.75) is 44.2 Å². The Morgan fingerprint density at radius 3 is 2.33 bits per heavy atom. The Hall–Kier alpha value is -0.860. The fourth-order valence-electron chi connectivity index (χ4n) is 3.26. The van der Waals surface area contributed by atoms with E-state index in [1.54, 1.807) is 0 Å². The fraction of sp³-hybridized carbons (Fsp3) is 0.625. The number of methoxy groups -OCH3 is 1. The fourth-order valence-corrected chi connectivity index (χ4v) is 3.26. The van der Waals surface area contributed by atoms with Crippen LogP contribution in [0, 0.1) is 5.92 Å². The van der Waals surface area contributed by atoms with Crippen molar-refractivity contribution in [2.75, 3.05) is 14.2 Å². The van der Waals surface area contributed by atoms with Crippen LogP contribution in [0.2, 0.25) is 0 Å². The highest BCUT2D eigenvalue weighted by Crippen LogP contribution is 2.33. The van der Waals surface area contributed by atoms with Gasteiger partial charge in [0.15, 0.2) is 0 Å². The van der Waals surface area contributed by atoms with Crippen LogP contribution in [0.4, 0.5) is 0 Å². The minimum absolute atomic E-state index is 0.166. The van der Waals surface area contributed by atoms with Gasteiger partial charge in [0.25, 0.3) is 0 Å². The molecule has 2 atom stereocenters. The summed E-state index contributed by atoms with van der Waals surface area (Å²) in [6.07, 6.45) is 6.97. The standard InChI is InChI=1S/C16H25NO/c1-17-15(13-9-5-3-6-10-13)16(18-2)14-11-7-4-8-12-14/h4,7-8,11-13,15-17H,3,5-6,9-10H2,1-2H3. The predicted octanol–water partition coefficient (Wildman–Crippen LogP) is 3.54. The Morgan fingerprint density at radius 2 is 1.78 bits per heavy atom. The Kier molecular flexibility index (Phi) is 5.21. The van der Waals surface area contributed by atoms with Crippen molar-refractivity contribution in [3.8, 4) is 0 Å². The molecule has 2 heteroatoms. The average Bonchev–Trinajstić information content (AvgIpc) is 2.46. The Bertz CT molecular complexity index is 332. The maximum absolute atomic E-state index is 5.78. The van der Waals surface area contributed by atoms with Crippen molar-refractivity contribution < 1.29 is 4.74 Å². The third-order valence-electron chi connectivity index (χ3n) is 4.20. The van der Waals surface area contributed by atoms with E-state index in [9.17, 15) is 0 Å². The molecule has 0 aliphatic heterocycles. The summed E-state index contributed by atoms with van der Waals surface area (Å²) < 4.78 is 5.78. The third kappa shape index (κ3) is 3.12. The van der Waals surface area contributed by atoms with Gasteiger partial charge < -0.3 is 10.1 Å². The van der Waals surface area contributed by atoms with E-state index in [4.69, 9.17) is 4.74 Å². The average molecular weight is 247 g/mol. The van der Waals surface area contributed by atoms with Crippen LogP contribution in [0.15, 0.2) is 30.3 Å². The minimum atomic E-state index is 0.166. The van der Waals surface area contributed by atoms with Gasteiger partial charge >= 0.3 is 0 Å². The van der Waals surface area contributed by atoms with E-state index < -0.39 is 0 Å². The minimum Gasteiger partial charge on any atom is -0.375 e. The molecule has 1 aliphatic carbocycles. The normalized spacial score (nSPS) is 20.6. The summed E-state index contributed by atoms with van der Waals surface area (Å²) in [5, 5.41) is 3.50. The summed E-state index contributed by atoms with van der Waals surface area (Å²) in [6, 6.07) is 11.0. The van der Waals surface area contributed by atoms with Crippen molar-refractivity contribution >= 4 is 0 Å². The highest BCUT2D eigenvalue weighted by atomic mass is 16.5. The molecule has 1 saturated carbocycles. The zero-order valence-corrected chi connectivity index (χ0v) is 11.6. The zero-order chi connectivity index (χ0) is 12.8. The molecular weight excluding hydrogens is 222 g/mol. The molecule has 0 aromatic heterocycles. The summed E-state index contributed by atoms with van der Waals surface area (Å²) >= 11 is 0. The van der Waals surface area contributed by atoms with Crippen molar-refractivity contribution in [1.29, 1.82) is 0 Å². The van der Waals surface area contributed by atoms with Gasteiger partial charge in [-0.25, -0.2) is 0 Å². The van der Waals surface area contributed by atoms with Crippen LogP contribution in [-0.2, 0) is 4.74 Å². The summed E-state index contributed by atoms with van der Waals surface area (Å²) in [6.45, 7) is 0. The van der Waals surface area contributed by atoms with Crippen molar-refractivity contribution in [2.24, 2.45) is 5.92 Å². The molecule has 1 aliphatic rings.